The molecule has 0 unspecified atom stereocenters. The topological polar surface area (TPSA) is 193 Å². The van der Waals surface area contributed by atoms with Crippen molar-refractivity contribution in [1.29, 1.82) is 0 Å². The van der Waals surface area contributed by atoms with Gasteiger partial charge in [-0.25, -0.2) is 26.4 Å². The molecule has 1 N–H and O–H groups in total. The molecular weight excluding hydrogens is 500 g/mol. The third-order valence-electron chi connectivity index (χ3n) is 2.99. The summed E-state index contributed by atoms with van der Waals surface area (Å²) in [6.07, 6.45) is 1.84. The monoisotopic (exact) mass is 516 g/mol. The van der Waals surface area contributed by atoms with Crippen LogP contribution in [0.5, 0.6) is 5.88 Å². The number of nitrogens with one attached hydrogen (secondary N) is 1. The molecule has 0 amide bonds. The van der Waals surface area contributed by atoms with Gasteiger partial charge in [0.15, 0.2) is 39.2 Å². The van der Waals surface area contributed by atoms with Gasteiger partial charge in [0.05, 0.1) is 14.2 Å². The van der Waals surface area contributed by atoms with Gasteiger partial charge in [-0.2, -0.15) is 4.37 Å². The Morgan fingerprint density at radius 1 is 0.903 bits per heavy atom. The van der Waals surface area contributed by atoms with Crippen LogP contribution >= 0.6 is 23.1 Å². The molecule has 172 valence electrons. The van der Waals surface area contributed by atoms with E-state index in [2.05, 4.69) is 23.0 Å². The number of ether oxygens (including phenoxy) is 3. The van der Waals surface area contributed by atoms with Crippen LogP contribution in [0.4, 0.5) is 0 Å². The number of carbonyl (C=O) groups is 3. The molecule has 2 rings (SSSR count). The van der Waals surface area contributed by atoms with E-state index in [-0.39, 0.29) is 19.9 Å². The predicted molar refractivity (Wildman–Crippen MR) is 107 cm³/mol. The van der Waals surface area contributed by atoms with E-state index < -0.39 is 48.7 Å². The molecule has 0 aliphatic rings. The van der Waals surface area contributed by atoms with Crippen LogP contribution in [0.15, 0.2) is 13.2 Å². The Morgan fingerprint density at radius 2 is 1.39 bits per heavy atom. The molecule has 0 spiro atoms. The second-order valence-corrected chi connectivity index (χ2v) is 11.5. The molecule has 0 aromatic carbocycles. The first-order valence-electron chi connectivity index (χ1n) is 7.61. The summed E-state index contributed by atoms with van der Waals surface area (Å²) in [5.74, 6) is -2.93. The number of carbonyl (C=O) groups excluding carboxylic acids is 3. The van der Waals surface area contributed by atoms with Crippen LogP contribution in [0.25, 0.3) is 0 Å². The van der Waals surface area contributed by atoms with Crippen molar-refractivity contribution in [2.45, 2.75) is 15.3 Å². The summed E-state index contributed by atoms with van der Waals surface area (Å²) >= 11 is 1.15. The highest BCUT2D eigenvalue weighted by molar-refractivity contribution is 7.93. The summed E-state index contributed by atoms with van der Waals surface area (Å²) in [6.45, 7) is 1.11. The van der Waals surface area contributed by atoms with E-state index >= 15 is 0 Å². The minimum Gasteiger partial charge on any atom is -0.465 e. The van der Waals surface area contributed by atoms with Crippen LogP contribution in [-0.2, 0) is 33.9 Å². The van der Waals surface area contributed by atoms with Gasteiger partial charge < -0.3 is 14.2 Å². The van der Waals surface area contributed by atoms with Gasteiger partial charge in [0, 0.05) is 19.4 Å². The number of methoxy groups -OCH3 is 2. The van der Waals surface area contributed by atoms with Gasteiger partial charge in [-0.05, 0) is 23.1 Å². The Labute approximate surface area is 184 Å². The average molecular weight is 517 g/mol. The average Bonchev–Trinajstić information content (AvgIpc) is 3.23. The van der Waals surface area contributed by atoms with Gasteiger partial charge in [0.25, 0.3) is 5.56 Å². The van der Waals surface area contributed by atoms with Crippen molar-refractivity contribution < 1.29 is 45.4 Å². The number of sulfone groups is 2. The lowest BCUT2D eigenvalue weighted by atomic mass is 10.3. The van der Waals surface area contributed by atoms with E-state index in [1.54, 1.807) is 0 Å². The molecule has 0 saturated heterocycles. The van der Waals surface area contributed by atoms with Gasteiger partial charge in [0.1, 0.15) is 0 Å². The van der Waals surface area contributed by atoms with Crippen molar-refractivity contribution in [3.05, 3.63) is 21.5 Å². The zero-order chi connectivity index (χ0) is 24.1. The molecule has 13 nitrogen and oxygen atoms in total. The van der Waals surface area contributed by atoms with Crippen molar-refractivity contribution in [3.8, 4) is 5.88 Å². The number of esters is 3. The maximum atomic E-state index is 11.4. The minimum absolute atomic E-state index is 0.291. The Bertz CT molecular complexity index is 1270. The summed E-state index contributed by atoms with van der Waals surface area (Å²) in [7, 11) is -5.06. The summed E-state index contributed by atoms with van der Waals surface area (Å²) in [5.41, 5.74) is -1.56. The lowest BCUT2D eigenvalue weighted by Gasteiger charge is -2.02. The summed E-state index contributed by atoms with van der Waals surface area (Å²) < 4.78 is 63.6. The summed E-state index contributed by atoms with van der Waals surface area (Å²) in [6, 6.07) is 0. The Balaban J connectivity index is 0.000000316. The number of hydrogen-bond acceptors (Lipinski definition) is 14. The molecule has 2 aromatic heterocycles. The van der Waals surface area contributed by atoms with Gasteiger partial charge in [0.2, 0.25) is 5.88 Å². The zero-order valence-corrected chi connectivity index (χ0v) is 19.8. The molecule has 0 atom stereocenters. The molecule has 0 fully saturated rings. The quantitative estimate of drug-likeness (QED) is 0.519. The lowest BCUT2D eigenvalue weighted by molar-refractivity contribution is -0.132. The molecular formula is C14H16N2O11S4. The normalized spacial score (nSPS) is 11.1. The second-order valence-electron chi connectivity index (χ2n) is 5.47. The molecule has 0 aliphatic carbocycles. The van der Waals surface area contributed by atoms with E-state index in [1.807, 2.05) is 0 Å². The molecule has 17 heteroatoms. The van der Waals surface area contributed by atoms with Crippen molar-refractivity contribution in [1.82, 2.24) is 8.75 Å². The third-order valence-corrected chi connectivity index (χ3v) is 8.34. The molecule has 2 heterocycles. The van der Waals surface area contributed by atoms with E-state index in [9.17, 15) is 36.0 Å². The number of rotatable bonds is 5. The van der Waals surface area contributed by atoms with Gasteiger partial charge in [-0.1, -0.05) is 0 Å². The van der Waals surface area contributed by atoms with Crippen LogP contribution in [0.1, 0.15) is 27.6 Å². The van der Waals surface area contributed by atoms with Crippen molar-refractivity contribution >= 4 is 60.6 Å². The van der Waals surface area contributed by atoms with Gasteiger partial charge >= 0.3 is 17.9 Å². The van der Waals surface area contributed by atoms with E-state index in [1.165, 1.54) is 0 Å². The van der Waals surface area contributed by atoms with E-state index in [0.717, 1.165) is 33.7 Å². The molecule has 0 saturated carbocycles. The number of H-pyrrole nitrogens is 1. The molecule has 2 aromatic rings. The highest BCUT2D eigenvalue weighted by Gasteiger charge is 2.29. The Kier molecular flexibility index (Phi) is 8.62. The zero-order valence-electron chi connectivity index (χ0n) is 16.6. The fourth-order valence-corrected chi connectivity index (χ4v) is 5.41. The standard InChI is InChI=1S/C8H9NO6S2.C6H7NO5S2/c1-4(10)15-6-5(7(11)14-2)8(16-9-6)17(3,12)13;1-12-5(9)3-4(8)7-13-6(3)14(2,10)11/h1-3H3;1-2H3,(H,7,8). The minimum atomic E-state index is -3.64. The highest BCUT2D eigenvalue weighted by atomic mass is 32.2. The SMILES string of the molecule is COC(=O)c1c(OC(C)=O)nsc1S(C)(=O)=O.COC(=O)c1c(S(C)(=O)=O)s[nH]c1=O. The van der Waals surface area contributed by atoms with Crippen molar-refractivity contribution in [3.63, 3.8) is 0 Å². The molecule has 0 radical (unpaired) electrons. The fourth-order valence-electron chi connectivity index (χ4n) is 1.82. The summed E-state index contributed by atoms with van der Waals surface area (Å²) in [5, 5.41) is 0. The lowest BCUT2D eigenvalue weighted by Crippen LogP contribution is -2.16. The smallest absolute Gasteiger partial charge is 0.345 e. The van der Waals surface area contributed by atoms with Crippen LogP contribution < -0.4 is 10.3 Å². The first-order valence-corrected chi connectivity index (χ1v) is 13.0. The predicted octanol–water partition coefficient (Wildman–Crippen LogP) is -0.115. The Morgan fingerprint density at radius 3 is 1.81 bits per heavy atom. The van der Waals surface area contributed by atoms with Crippen LogP contribution in [0, 0.1) is 0 Å². The third kappa shape index (κ3) is 6.68. The molecule has 31 heavy (non-hydrogen) atoms. The van der Waals surface area contributed by atoms with Crippen molar-refractivity contribution in [2.24, 2.45) is 0 Å². The van der Waals surface area contributed by atoms with Crippen LogP contribution in [-0.4, -0.2) is 70.2 Å². The van der Waals surface area contributed by atoms with E-state index in [0.29, 0.717) is 23.1 Å². The number of nitrogens with zero attached hydrogens (tertiary/aromatic N) is 1. The van der Waals surface area contributed by atoms with Gasteiger partial charge in [-0.3, -0.25) is 14.0 Å². The molecule has 0 bridgehead atoms. The molecule has 0 aliphatic heterocycles. The maximum absolute atomic E-state index is 11.4. The maximum Gasteiger partial charge on any atom is 0.345 e. The van der Waals surface area contributed by atoms with E-state index in [4.69, 9.17) is 0 Å². The van der Waals surface area contributed by atoms with Gasteiger partial charge in [-0.15, -0.1) is 0 Å². The van der Waals surface area contributed by atoms with Crippen LogP contribution in [0.2, 0.25) is 0 Å². The second kappa shape index (κ2) is 10.1. The van der Waals surface area contributed by atoms with Crippen molar-refractivity contribution in [2.75, 3.05) is 26.7 Å². The summed E-state index contributed by atoms with van der Waals surface area (Å²) in [4.78, 5) is 44.3. The first-order chi connectivity index (χ1) is 14.1. The fraction of sp³-hybridized carbons (Fsp3) is 0.357. The van der Waals surface area contributed by atoms with Crippen LogP contribution in [0.3, 0.4) is 0 Å². The number of hydrogen-bond donors (Lipinski definition) is 1. The first kappa shape index (κ1) is 26.4. The largest absolute Gasteiger partial charge is 0.465 e. The number of aromatic amines is 1. The highest BCUT2D eigenvalue weighted by Crippen LogP contribution is 2.30. The number of aromatic nitrogens is 2. The Hall–Kier alpha value is -2.63.